The van der Waals surface area contributed by atoms with Gasteiger partial charge >= 0.3 is 0 Å². The number of aromatic nitrogens is 1. The zero-order chi connectivity index (χ0) is 22.2. The molecule has 2 aromatic carbocycles. The van der Waals surface area contributed by atoms with Crippen LogP contribution in [0.25, 0.3) is 10.2 Å². The van der Waals surface area contributed by atoms with Crippen LogP contribution in [0.4, 0.5) is 10.8 Å². The van der Waals surface area contributed by atoms with Crippen LogP contribution < -0.4 is 9.80 Å². The summed E-state index contributed by atoms with van der Waals surface area (Å²) in [7, 11) is 0. The van der Waals surface area contributed by atoms with Gasteiger partial charge in [0.15, 0.2) is 5.13 Å². The van der Waals surface area contributed by atoms with Gasteiger partial charge in [-0.05, 0) is 55.0 Å². The Balaban J connectivity index is 1.49. The molecule has 3 amide bonds. The van der Waals surface area contributed by atoms with Crippen LogP contribution in [0.1, 0.15) is 34.5 Å². The minimum absolute atomic E-state index is 0.216. The Bertz CT molecular complexity index is 1310. The Morgan fingerprint density at radius 2 is 1.81 bits per heavy atom. The molecule has 160 valence electrons. The fourth-order valence-electron chi connectivity index (χ4n) is 3.75. The molecular weight excluding hydrogens is 426 g/mol. The molecule has 8 heteroatoms. The summed E-state index contributed by atoms with van der Waals surface area (Å²) in [6.45, 7) is 2.22. The molecule has 1 aliphatic rings. The summed E-state index contributed by atoms with van der Waals surface area (Å²) < 4.78 is 6.48. The third-order valence-corrected chi connectivity index (χ3v) is 6.45. The minimum atomic E-state index is -0.247. The lowest BCUT2D eigenvalue weighted by molar-refractivity contribution is -0.121. The van der Waals surface area contributed by atoms with Gasteiger partial charge in [-0.25, -0.2) is 4.98 Å². The van der Waals surface area contributed by atoms with Gasteiger partial charge < -0.3 is 4.42 Å². The Hall–Kier alpha value is -3.78. The van der Waals surface area contributed by atoms with E-state index in [0.29, 0.717) is 22.1 Å². The summed E-state index contributed by atoms with van der Waals surface area (Å²) in [5, 5.41) is 0.574. The maximum atomic E-state index is 13.5. The molecule has 1 aliphatic heterocycles. The van der Waals surface area contributed by atoms with E-state index in [1.54, 1.807) is 41.5 Å². The van der Waals surface area contributed by atoms with Crippen LogP contribution in [0.2, 0.25) is 0 Å². The maximum absolute atomic E-state index is 13.5. The number of nitrogens with zero attached hydrogens (tertiary/aromatic N) is 3. The molecule has 0 saturated carbocycles. The molecule has 5 rings (SSSR count). The number of fused-ring (bicyclic) bond motifs is 1. The van der Waals surface area contributed by atoms with Gasteiger partial charge in [-0.15, -0.1) is 0 Å². The molecule has 0 unspecified atom stereocenters. The first-order valence-corrected chi connectivity index (χ1v) is 11.0. The van der Waals surface area contributed by atoms with Crippen molar-refractivity contribution in [1.29, 1.82) is 0 Å². The van der Waals surface area contributed by atoms with Crippen LogP contribution in [0.3, 0.4) is 0 Å². The summed E-state index contributed by atoms with van der Waals surface area (Å²) in [6.07, 6.45) is 2.00. The molecule has 1 fully saturated rings. The molecule has 3 heterocycles. The Morgan fingerprint density at radius 1 is 1.06 bits per heavy atom. The number of imide groups is 1. The molecule has 0 spiro atoms. The number of carbonyl (C=O) groups excluding carboxylic acids is 3. The average Bonchev–Trinajstić information content (AvgIpc) is 3.53. The molecule has 32 heavy (non-hydrogen) atoms. The first-order chi connectivity index (χ1) is 15.5. The highest BCUT2D eigenvalue weighted by molar-refractivity contribution is 7.22. The van der Waals surface area contributed by atoms with Crippen LogP contribution >= 0.6 is 11.3 Å². The summed E-state index contributed by atoms with van der Waals surface area (Å²) >= 11 is 1.44. The highest BCUT2D eigenvalue weighted by atomic mass is 32.1. The second kappa shape index (κ2) is 8.05. The van der Waals surface area contributed by atoms with Crippen molar-refractivity contribution >= 4 is 50.1 Å². The second-order valence-corrected chi connectivity index (χ2v) is 8.57. The topological polar surface area (TPSA) is 83.7 Å². The summed E-state index contributed by atoms with van der Waals surface area (Å²) in [5.41, 5.74) is 2.81. The van der Waals surface area contributed by atoms with Crippen molar-refractivity contribution in [2.75, 3.05) is 9.80 Å². The third kappa shape index (κ3) is 3.58. The van der Waals surface area contributed by atoms with Crippen LogP contribution in [-0.2, 0) is 16.1 Å². The predicted molar refractivity (Wildman–Crippen MR) is 122 cm³/mol. The number of furan rings is 1. The van der Waals surface area contributed by atoms with Crippen molar-refractivity contribution in [3.8, 4) is 0 Å². The average molecular weight is 446 g/mol. The fraction of sp³-hybridized carbons (Fsp3) is 0.167. The SMILES string of the molecule is Cc1cccc2sc(N(Cc3ccco3)C(=O)c3ccc(N4C(=O)CCC4=O)cc3)nc12. The molecule has 2 aromatic heterocycles. The molecule has 0 atom stereocenters. The quantitative estimate of drug-likeness (QED) is 0.416. The molecule has 0 N–H and O–H groups in total. The number of para-hydroxylation sites is 1. The molecule has 7 nitrogen and oxygen atoms in total. The monoisotopic (exact) mass is 445 g/mol. The lowest BCUT2D eigenvalue weighted by Gasteiger charge is -2.19. The minimum Gasteiger partial charge on any atom is -0.467 e. The van der Waals surface area contributed by atoms with E-state index >= 15 is 0 Å². The van der Waals surface area contributed by atoms with Gasteiger partial charge in [-0.2, -0.15) is 0 Å². The van der Waals surface area contributed by atoms with Crippen LogP contribution in [0.15, 0.2) is 65.3 Å². The standard InChI is InChI=1S/C24H19N3O4S/c1-15-4-2-6-19-22(15)25-24(32-19)26(14-18-5-3-13-31-18)23(30)16-7-9-17(10-8-16)27-20(28)11-12-21(27)29/h2-10,13H,11-12,14H2,1H3. The number of carbonyl (C=O) groups is 3. The van der Waals surface area contributed by atoms with E-state index in [0.717, 1.165) is 15.8 Å². The molecule has 0 radical (unpaired) electrons. The van der Waals surface area contributed by atoms with Crippen LogP contribution in [-0.4, -0.2) is 22.7 Å². The van der Waals surface area contributed by atoms with Crippen molar-refractivity contribution in [2.45, 2.75) is 26.3 Å². The van der Waals surface area contributed by atoms with E-state index in [1.165, 1.54) is 16.2 Å². The molecule has 4 aromatic rings. The zero-order valence-corrected chi connectivity index (χ0v) is 18.1. The number of hydrogen-bond acceptors (Lipinski definition) is 6. The Morgan fingerprint density at radius 3 is 2.47 bits per heavy atom. The largest absolute Gasteiger partial charge is 0.467 e. The van der Waals surface area contributed by atoms with Gasteiger partial charge in [-0.3, -0.25) is 24.2 Å². The van der Waals surface area contributed by atoms with Gasteiger partial charge in [-0.1, -0.05) is 23.5 Å². The Kier molecular flexibility index (Phi) is 5.07. The lowest BCUT2D eigenvalue weighted by Crippen LogP contribution is -2.31. The predicted octanol–water partition coefficient (Wildman–Crippen LogP) is 4.70. The van der Waals surface area contributed by atoms with E-state index in [4.69, 9.17) is 9.40 Å². The number of aryl methyl sites for hydroxylation is 1. The first kappa shape index (κ1) is 20.1. The summed E-state index contributed by atoms with van der Waals surface area (Å²) in [4.78, 5) is 45.0. The van der Waals surface area contributed by atoms with Gasteiger partial charge in [0.1, 0.15) is 5.76 Å². The molecular formula is C24H19N3O4S. The van der Waals surface area contributed by atoms with E-state index in [2.05, 4.69) is 0 Å². The normalized spacial score (nSPS) is 13.8. The number of benzene rings is 2. The van der Waals surface area contributed by atoms with E-state index in [1.807, 2.05) is 31.2 Å². The second-order valence-electron chi connectivity index (χ2n) is 7.56. The number of anilines is 2. The van der Waals surface area contributed by atoms with E-state index in [9.17, 15) is 14.4 Å². The maximum Gasteiger partial charge on any atom is 0.260 e. The summed E-state index contributed by atoms with van der Waals surface area (Å²) in [5.74, 6) is -0.0559. The Labute approximate surface area is 187 Å². The van der Waals surface area contributed by atoms with Crippen molar-refractivity contribution < 1.29 is 18.8 Å². The van der Waals surface area contributed by atoms with Crippen molar-refractivity contribution in [3.05, 3.63) is 77.7 Å². The van der Waals surface area contributed by atoms with Gasteiger partial charge in [0.2, 0.25) is 11.8 Å². The third-order valence-electron chi connectivity index (χ3n) is 5.40. The lowest BCUT2D eigenvalue weighted by atomic mass is 10.1. The van der Waals surface area contributed by atoms with Crippen molar-refractivity contribution in [2.24, 2.45) is 0 Å². The van der Waals surface area contributed by atoms with Crippen molar-refractivity contribution in [3.63, 3.8) is 0 Å². The summed E-state index contributed by atoms with van der Waals surface area (Å²) in [6, 6.07) is 16.0. The molecule has 0 bridgehead atoms. The highest BCUT2D eigenvalue weighted by Crippen LogP contribution is 2.33. The van der Waals surface area contributed by atoms with Crippen LogP contribution in [0.5, 0.6) is 0 Å². The fourth-order valence-corrected chi connectivity index (χ4v) is 4.79. The molecule has 0 aliphatic carbocycles. The first-order valence-electron chi connectivity index (χ1n) is 10.2. The number of hydrogen-bond donors (Lipinski definition) is 0. The van der Waals surface area contributed by atoms with E-state index in [-0.39, 0.29) is 37.1 Å². The van der Waals surface area contributed by atoms with Gasteiger partial charge in [0.25, 0.3) is 5.91 Å². The van der Waals surface area contributed by atoms with Gasteiger partial charge in [0.05, 0.1) is 28.7 Å². The van der Waals surface area contributed by atoms with Crippen LogP contribution in [0, 0.1) is 6.92 Å². The van der Waals surface area contributed by atoms with Crippen molar-refractivity contribution in [1.82, 2.24) is 4.98 Å². The smallest absolute Gasteiger partial charge is 0.260 e. The highest BCUT2D eigenvalue weighted by Gasteiger charge is 2.30. The van der Waals surface area contributed by atoms with E-state index < -0.39 is 0 Å². The molecule has 1 saturated heterocycles. The zero-order valence-electron chi connectivity index (χ0n) is 17.3. The number of thiazole rings is 1. The number of rotatable bonds is 5. The van der Waals surface area contributed by atoms with Gasteiger partial charge in [0, 0.05) is 18.4 Å². The number of amides is 3.